The number of nitrogens with one attached hydrogen (secondary N) is 1. The van der Waals surface area contributed by atoms with Gasteiger partial charge < -0.3 is 14.8 Å². The lowest BCUT2D eigenvalue weighted by Crippen LogP contribution is -2.49. The van der Waals surface area contributed by atoms with Crippen LogP contribution in [0.3, 0.4) is 0 Å². The molecule has 8 nitrogen and oxygen atoms in total. The van der Waals surface area contributed by atoms with Gasteiger partial charge in [-0.15, -0.1) is 10.2 Å². The molecule has 2 aromatic carbocycles. The molecule has 8 heteroatoms. The number of hydrogen-bond acceptors (Lipinski definition) is 5. The highest BCUT2D eigenvalue weighted by Crippen LogP contribution is 2.29. The van der Waals surface area contributed by atoms with Gasteiger partial charge in [0.1, 0.15) is 18.2 Å². The van der Waals surface area contributed by atoms with E-state index in [1.165, 1.54) is 0 Å². The number of hydrogen-bond donors (Lipinski definition) is 1. The summed E-state index contributed by atoms with van der Waals surface area (Å²) in [4.78, 5) is 39.5. The topological polar surface area (TPSA) is 97.2 Å². The molecule has 5 rings (SSSR count). The molecule has 1 atom stereocenters. The van der Waals surface area contributed by atoms with Gasteiger partial charge in [-0.1, -0.05) is 43.0 Å². The average molecular weight is 470 g/mol. The van der Waals surface area contributed by atoms with Crippen molar-refractivity contribution in [2.45, 2.75) is 44.7 Å². The predicted octanol–water partition coefficient (Wildman–Crippen LogP) is 2.97. The summed E-state index contributed by atoms with van der Waals surface area (Å²) in [5, 5.41) is 10.8. The van der Waals surface area contributed by atoms with Crippen LogP contribution >= 0.6 is 0 Å². The number of carbonyl (C=O) groups excluding carboxylic acids is 3. The van der Waals surface area contributed by atoms with Crippen molar-refractivity contribution in [3.8, 4) is 11.4 Å². The molecular formula is C27H27N5O3. The quantitative estimate of drug-likeness (QED) is 0.574. The molecule has 1 N–H and O–H groups in total. The summed E-state index contributed by atoms with van der Waals surface area (Å²) in [5.41, 5.74) is 5.19. The van der Waals surface area contributed by atoms with Crippen LogP contribution in [-0.2, 0) is 36.0 Å². The molecular weight excluding hydrogens is 442 g/mol. The Kier molecular flexibility index (Phi) is 6.03. The minimum atomic E-state index is -0.467. The SMILES string of the molecule is C=C1CCC(N2Cc3cc(CCC(=O)Cc4ccc(-c5nncn5C)cc4)ccc3C2=O)C(=O)N1. The number of carbonyl (C=O) groups is 3. The number of fused-ring (bicyclic) bond motifs is 1. The maximum absolute atomic E-state index is 12.9. The van der Waals surface area contributed by atoms with Crippen molar-refractivity contribution in [1.82, 2.24) is 25.0 Å². The van der Waals surface area contributed by atoms with Gasteiger partial charge in [0.2, 0.25) is 5.91 Å². The number of amides is 2. The van der Waals surface area contributed by atoms with E-state index >= 15 is 0 Å². The summed E-state index contributed by atoms with van der Waals surface area (Å²) in [6.45, 7) is 4.22. The monoisotopic (exact) mass is 469 g/mol. The minimum Gasteiger partial charge on any atom is -0.329 e. The number of aromatic nitrogens is 3. The van der Waals surface area contributed by atoms with Crippen molar-refractivity contribution in [2.75, 3.05) is 0 Å². The van der Waals surface area contributed by atoms with Gasteiger partial charge in [-0.2, -0.15) is 0 Å². The van der Waals surface area contributed by atoms with E-state index in [1.807, 2.05) is 54.1 Å². The zero-order valence-corrected chi connectivity index (χ0v) is 19.7. The van der Waals surface area contributed by atoms with E-state index in [4.69, 9.17) is 0 Å². The van der Waals surface area contributed by atoms with E-state index in [2.05, 4.69) is 22.1 Å². The molecule has 0 saturated carbocycles. The molecule has 0 aliphatic carbocycles. The Bertz CT molecular complexity index is 1320. The lowest BCUT2D eigenvalue weighted by atomic mass is 9.99. The van der Waals surface area contributed by atoms with Gasteiger partial charge in [0.15, 0.2) is 5.82 Å². The normalized spacial score (nSPS) is 17.5. The Morgan fingerprint density at radius 2 is 1.91 bits per heavy atom. The number of ketones is 1. The summed E-state index contributed by atoms with van der Waals surface area (Å²) in [5.74, 6) is 0.665. The molecule has 0 spiro atoms. The second-order valence-corrected chi connectivity index (χ2v) is 9.25. The van der Waals surface area contributed by atoms with Crippen LogP contribution in [0.5, 0.6) is 0 Å². The number of allylic oxidation sites excluding steroid dienone is 1. The van der Waals surface area contributed by atoms with Crippen LogP contribution in [0.25, 0.3) is 11.4 Å². The second kappa shape index (κ2) is 9.29. The van der Waals surface area contributed by atoms with Crippen LogP contribution in [0, 0.1) is 0 Å². The maximum Gasteiger partial charge on any atom is 0.255 e. The number of piperidine rings is 1. The fourth-order valence-electron chi connectivity index (χ4n) is 4.78. The first-order chi connectivity index (χ1) is 16.9. The van der Waals surface area contributed by atoms with Crippen LogP contribution in [0.15, 0.2) is 61.1 Å². The highest BCUT2D eigenvalue weighted by molar-refractivity contribution is 6.01. The Morgan fingerprint density at radius 3 is 2.63 bits per heavy atom. The molecule has 2 amide bonds. The maximum atomic E-state index is 12.9. The van der Waals surface area contributed by atoms with Gasteiger partial charge in [-0.05, 0) is 42.0 Å². The first-order valence-electron chi connectivity index (χ1n) is 11.8. The fourth-order valence-corrected chi connectivity index (χ4v) is 4.78. The zero-order valence-electron chi connectivity index (χ0n) is 19.7. The van der Waals surface area contributed by atoms with Gasteiger partial charge in [0, 0.05) is 43.3 Å². The Morgan fingerprint density at radius 1 is 1.14 bits per heavy atom. The summed E-state index contributed by atoms with van der Waals surface area (Å²) in [6.07, 6.45) is 4.33. The van der Waals surface area contributed by atoms with E-state index in [-0.39, 0.29) is 17.6 Å². The summed E-state index contributed by atoms with van der Waals surface area (Å²) < 4.78 is 1.85. The predicted molar refractivity (Wildman–Crippen MR) is 130 cm³/mol. The molecule has 3 aromatic rings. The van der Waals surface area contributed by atoms with Crippen LogP contribution in [0.2, 0.25) is 0 Å². The van der Waals surface area contributed by atoms with Gasteiger partial charge in [0.25, 0.3) is 5.91 Å². The third-order valence-electron chi connectivity index (χ3n) is 6.72. The molecule has 1 unspecified atom stereocenters. The standard InChI is InChI=1S/C27H27N5O3/c1-17-3-12-24(26(34)29-17)32-15-21-13-18(7-11-23(21)27(32)35)6-10-22(33)14-19-4-8-20(9-5-19)25-30-28-16-31(25)2/h4-5,7-9,11,13,16,24H,1,3,6,10,12,14-15H2,2H3,(H,29,34). The van der Waals surface area contributed by atoms with Gasteiger partial charge in [-0.25, -0.2) is 0 Å². The first kappa shape index (κ1) is 22.7. The number of aryl methyl sites for hydroxylation is 2. The summed E-state index contributed by atoms with van der Waals surface area (Å²) >= 11 is 0. The number of nitrogens with zero attached hydrogens (tertiary/aromatic N) is 4. The van der Waals surface area contributed by atoms with Crippen molar-refractivity contribution in [3.05, 3.63) is 83.3 Å². The average Bonchev–Trinajstić information content (AvgIpc) is 3.41. The molecule has 0 bridgehead atoms. The third-order valence-corrected chi connectivity index (χ3v) is 6.72. The molecule has 1 fully saturated rings. The van der Waals surface area contributed by atoms with Crippen LogP contribution in [-0.4, -0.2) is 43.3 Å². The van der Waals surface area contributed by atoms with Crippen molar-refractivity contribution < 1.29 is 14.4 Å². The Hall–Kier alpha value is -4.07. The van der Waals surface area contributed by atoms with Gasteiger partial charge in [-0.3, -0.25) is 14.4 Å². The fraction of sp³-hybridized carbons (Fsp3) is 0.296. The van der Waals surface area contributed by atoms with Gasteiger partial charge >= 0.3 is 0 Å². The van der Waals surface area contributed by atoms with Crippen molar-refractivity contribution >= 4 is 17.6 Å². The van der Waals surface area contributed by atoms with E-state index in [9.17, 15) is 14.4 Å². The van der Waals surface area contributed by atoms with E-state index in [1.54, 1.807) is 11.2 Å². The van der Waals surface area contributed by atoms with Crippen LogP contribution < -0.4 is 5.32 Å². The molecule has 178 valence electrons. The van der Waals surface area contributed by atoms with Crippen molar-refractivity contribution in [2.24, 2.45) is 7.05 Å². The molecule has 0 radical (unpaired) electrons. The highest BCUT2D eigenvalue weighted by atomic mass is 16.2. The number of benzene rings is 2. The van der Waals surface area contributed by atoms with Crippen molar-refractivity contribution in [3.63, 3.8) is 0 Å². The highest BCUT2D eigenvalue weighted by Gasteiger charge is 2.38. The van der Waals surface area contributed by atoms with Crippen molar-refractivity contribution in [1.29, 1.82) is 0 Å². The molecule has 1 aromatic heterocycles. The molecule has 3 heterocycles. The van der Waals surface area contributed by atoms with E-state index in [0.29, 0.717) is 49.9 Å². The Balaban J connectivity index is 1.18. The minimum absolute atomic E-state index is 0.111. The largest absolute Gasteiger partial charge is 0.329 e. The Labute approximate surface area is 203 Å². The molecule has 35 heavy (non-hydrogen) atoms. The van der Waals surface area contributed by atoms with Crippen LogP contribution in [0.1, 0.15) is 46.3 Å². The van der Waals surface area contributed by atoms with Crippen LogP contribution in [0.4, 0.5) is 0 Å². The zero-order chi connectivity index (χ0) is 24.5. The molecule has 2 aliphatic heterocycles. The van der Waals surface area contributed by atoms with Gasteiger partial charge in [0.05, 0.1) is 0 Å². The molecule has 2 aliphatic rings. The number of rotatable bonds is 7. The third kappa shape index (κ3) is 4.64. The first-order valence-corrected chi connectivity index (χ1v) is 11.8. The summed E-state index contributed by atoms with van der Waals surface area (Å²) in [7, 11) is 1.89. The smallest absolute Gasteiger partial charge is 0.255 e. The lowest BCUT2D eigenvalue weighted by Gasteiger charge is -2.30. The summed E-state index contributed by atoms with van der Waals surface area (Å²) in [6, 6.07) is 13.1. The molecule has 1 saturated heterocycles. The number of Topliss-reactive ketones (excluding diaryl/α,β-unsaturated/α-hetero) is 1. The van der Waals surface area contributed by atoms with E-state index in [0.717, 1.165) is 28.1 Å². The lowest BCUT2D eigenvalue weighted by molar-refractivity contribution is -0.126. The second-order valence-electron chi connectivity index (χ2n) is 9.25. The van der Waals surface area contributed by atoms with E-state index < -0.39 is 6.04 Å².